The normalized spacial score (nSPS) is 10.9. The Hall–Kier alpha value is -3.59. The number of rotatable bonds is 7. The van der Waals surface area contributed by atoms with Crippen LogP contribution < -0.4 is 19.5 Å². The molecule has 0 saturated heterocycles. The monoisotopic (exact) mass is 437 g/mol. The Labute approximate surface area is 184 Å². The van der Waals surface area contributed by atoms with Crippen molar-refractivity contribution in [3.63, 3.8) is 0 Å². The van der Waals surface area contributed by atoms with Gasteiger partial charge in [-0.1, -0.05) is 6.58 Å². The summed E-state index contributed by atoms with van der Waals surface area (Å²) in [5.41, 5.74) is 2.51. The van der Waals surface area contributed by atoms with Crippen molar-refractivity contribution in [3.05, 3.63) is 48.0 Å². The van der Waals surface area contributed by atoms with E-state index in [1.165, 1.54) is 0 Å². The van der Waals surface area contributed by atoms with Crippen LogP contribution in [0.25, 0.3) is 21.5 Å². The van der Waals surface area contributed by atoms with Gasteiger partial charge in [0.25, 0.3) is 0 Å². The Bertz CT molecular complexity index is 1250. The van der Waals surface area contributed by atoms with E-state index >= 15 is 0 Å². The van der Waals surface area contributed by atoms with Gasteiger partial charge in [0.2, 0.25) is 5.75 Å². The Kier molecular flexibility index (Phi) is 5.51. The lowest BCUT2D eigenvalue weighted by Crippen LogP contribution is -2.00. The number of hydrogen-bond acceptors (Lipinski definition) is 8. The molecule has 4 rings (SSSR count). The summed E-state index contributed by atoms with van der Waals surface area (Å²) in [7, 11) is 4.75. The topological polar surface area (TPSA) is 83.3 Å². The van der Waals surface area contributed by atoms with Gasteiger partial charge in [-0.15, -0.1) is 11.3 Å². The van der Waals surface area contributed by atoms with Gasteiger partial charge in [0.15, 0.2) is 23.1 Å². The summed E-state index contributed by atoms with van der Waals surface area (Å²) < 4.78 is 19.1. The van der Waals surface area contributed by atoms with Gasteiger partial charge < -0.3 is 24.1 Å². The summed E-state index contributed by atoms with van der Waals surface area (Å²) in [5, 5.41) is 3.32. The zero-order valence-electron chi connectivity index (χ0n) is 18.0. The number of anilines is 2. The van der Waals surface area contributed by atoms with E-state index in [0.29, 0.717) is 34.7 Å². The third kappa shape index (κ3) is 3.91. The van der Waals surface area contributed by atoms with Gasteiger partial charge in [-0.3, -0.25) is 0 Å². The number of nitrogens with zero attached hydrogens (tertiary/aromatic N) is 4. The number of thiophene rings is 1. The number of aromatic nitrogens is 4. The molecule has 0 atom stereocenters. The summed E-state index contributed by atoms with van der Waals surface area (Å²) in [6, 6.07) is 5.77. The van der Waals surface area contributed by atoms with E-state index in [0.717, 1.165) is 26.4 Å². The van der Waals surface area contributed by atoms with Crippen molar-refractivity contribution in [2.45, 2.75) is 13.8 Å². The lowest BCUT2D eigenvalue weighted by Gasteiger charge is -2.14. The van der Waals surface area contributed by atoms with Crippen LogP contribution in [0.2, 0.25) is 0 Å². The molecular formula is C22H23N5O3S. The van der Waals surface area contributed by atoms with E-state index < -0.39 is 0 Å². The van der Waals surface area contributed by atoms with E-state index in [2.05, 4.69) is 33.8 Å². The first-order valence-electron chi connectivity index (χ1n) is 9.49. The van der Waals surface area contributed by atoms with Gasteiger partial charge >= 0.3 is 0 Å². The van der Waals surface area contributed by atoms with Crippen molar-refractivity contribution in [1.82, 2.24) is 19.5 Å². The standard InChI is InChI=1S/C22H23N5O3S/c1-12(2)21-24-15-7-13(3)31-20(15)22(26-21)25-18-10-27(11-23-18)14-8-16(28-4)19(30-6)17(9-14)29-5/h7-11H,1H2,2-6H3,(H,24,25,26). The second-order valence-corrected chi connectivity index (χ2v) is 8.18. The minimum atomic E-state index is 0.538. The highest BCUT2D eigenvalue weighted by Crippen LogP contribution is 2.39. The predicted molar refractivity (Wildman–Crippen MR) is 123 cm³/mol. The molecule has 0 unspecified atom stereocenters. The van der Waals surface area contributed by atoms with Crippen molar-refractivity contribution in [2.75, 3.05) is 26.6 Å². The molecule has 0 saturated carbocycles. The first-order valence-corrected chi connectivity index (χ1v) is 10.3. The smallest absolute Gasteiger partial charge is 0.203 e. The highest BCUT2D eigenvalue weighted by atomic mass is 32.1. The summed E-state index contributed by atoms with van der Waals surface area (Å²) in [6.45, 7) is 7.92. The van der Waals surface area contributed by atoms with Crippen LogP contribution in [0.5, 0.6) is 17.2 Å². The van der Waals surface area contributed by atoms with E-state index in [1.54, 1.807) is 39.0 Å². The number of methoxy groups -OCH3 is 3. The fraction of sp³-hybridized carbons (Fsp3) is 0.227. The maximum Gasteiger partial charge on any atom is 0.203 e. The van der Waals surface area contributed by atoms with Crippen LogP contribution in [0.4, 0.5) is 11.6 Å². The van der Waals surface area contributed by atoms with Gasteiger partial charge in [0.05, 0.1) is 43.4 Å². The van der Waals surface area contributed by atoms with Gasteiger partial charge in [-0.25, -0.2) is 15.0 Å². The Balaban J connectivity index is 1.72. The maximum absolute atomic E-state index is 5.45. The molecular weight excluding hydrogens is 414 g/mol. The average Bonchev–Trinajstić information content (AvgIpc) is 3.38. The highest BCUT2D eigenvalue weighted by Gasteiger charge is 2.16. The van der Waals surface area contributed by atoms with E-state index in [9.17, 15) is 0 Å². The number of hydrogen-bond donors (Lipinski definition) is 1. The zero-order chi connectivity index (χ0) is 22.1. The summed E-state index contributed by atoms with van der Waals surface area (Å²) >= 11 is 1.64. The second kappa shape index (κ2) is 8.27. The van der Waals surface area contributed by atoms with Crippen LogP contribution in [0.3, 0.4) is 0 Å². The summed E-state index contributed by atoms with van der Waals surface area (Å²) in [6.07, 6.45) is 3.58. The van der Waals surface area contributed by atoms with Crippen LogP contribution in [-0.2, 0) is 0 Å². The lowest BCUT2D eigenvalue weighted by molar-refractivity contribution is 0.324. The van der Waals surface area contributed by atoms with E-state index in [1.807, 2.05) is 35.9 Å². The van der Waals surface area contributed by atoms with Crippen molar-refractivity contribution >= 4 is 38.8 Å². The SMILES string of the molecule is C=C(C)c1nc(Nc2cn(-c3cc(OC)c(OC)c(OC)c3)cn2)c2sc(C)cc2n1. The number of allylic oxidation sites excluding steroid dienone is 1. The molecule has 0 fully saturated rings. The minimum absolute atomic E-state index is 0.538. The molecule has 3 aromatic heterocycles. The Morgan fingerprint density at radius 2 is 1.77 bits per heavy atom. The molecule has 31 heavy (non-hydrogen) atoms. The van der Waals surface area contributed by atoms with Crippen molar-refractivity contribution < 1.29 is 14.2 Å². The second-order valence-electron chi connectivity index (χ2n) is 6.92. The molecule has 160 valence electrons. The molecule has 0 spiro atoms. The number of aryl methyl sites for hydroxylation is 1. The van der Waals surface area contributed by atoms with Gasteiger partial charge in [0.1, 0.15) is 12.1 Å². The number of ether oxygens (including phenoxy) is 3. The van der Waals surface area contributed by atoms with Crippen molar-refractivity contribution in [3.8, 4) is 22.9 Å². The fourth-order valence-electron chi connectivity index (χ4n) is 3.19. The summed E-state index contributed by atoms with van der Waals surface area (Å²) in [4.78, 5) is 14.9. The highest BCUT2D eigenvalue weighted by molar-refractivity contribution is 7.19. The molecule has 4 aromatic rings. The molecule has 0 aliphatic carbocycles. The van der Waals surface area contributed by atoms with Crippen LogP contribution in [0.1, 0.15) is 17.6 Å². The molecule has 1 aromatic carbocycles. The quantitative estimate of drug-likeness (QED) is 0.436. The molecule has 0 aliphatic heterocycles. The van der Waals surface area contributed by atoms with E-state index in [4.69, 9.17) is 14.2 Å². The minimum Gasteiger partial charge on any atom is -0.493 e. The van der Waals surface area contributed by atoms with Crippen LogP contribution >= 0.6 is 11.3 Å². The Morgan fingerprint density at radius 3 is 2.39 bits per heavy atom. The first kappa shape index (κ1) is 20.7. The fourth-order valence-corrected chi connectivity index (χ4v) is 4.09. The summed E-state index contributed by atoms with van der Waals surface area (Å²) in [5.74, 6) is 3.63. The molecule has 8 nitrogen and oxygen atoms in total. The van der Waals surface area contributed by atoms with Crippen molar-refractivity contribution in [1.29, 1.82) is 0 Å². The largest absolute Gasteiger partial charge is 0.493 e. The molecule has 1 N–H and O–H groups in total. The maximum atomic E-state index is 5.45. The zero-order valence-corrected chi connectivity index (χ0v) is 18.8. The molecule has 0 radical (unpaired) electrons. The third-order valence-electron chi connectivity index (χ3n) is 4.65. The van der Waals surface area contributed by atoms with Crippen LogP contribution in [0, 0.1) is 6.92 Å². The number of nitrogens with one attached hydrogen (secondary N) is 1. The predicted octanol–water partition coefficient (Wildman–Crippen LogP) is 4.99. The first-order chi connectivity index (χ1) is 14.9. The van der Waals surface area contributed by atoms with Crippen molar-refractivity contribution in [2.24, 2.45) is 0 Å². The number of imidazole rings is 1. The van der Waals surface area contributed by atoms with Gasteiger partial charge in [-0.2, -0.15) is 0 Å². The van der Waals surface area contributed by atoms with E-state index in [-0.39, 0.29) is 0 Å². The molecule has 3 heterocycles. The molecule has 0 aliphatic rings. The third-order valence-corrected chi connectivity index (χ3v) is 5.70. The average molecular weight is 438 g/mol. The van der Waals surface area contributed by atoms with Crippen LogP contribution in [-0.4, -0.2) is 40.8 Å². The Morgan fingerprint density at radius 1 is 1.06 bits per heavy atom. The molecule has 0 amide bonds. The van der Waals surface area contributed by atoms with Crippen LogP contribution in [0.15, 0.2) is 37.3 Å². The number of benzene rings is 1. The molecule has 0 bridgehead atoms. The lowest BCUT2D eigenvalue weighted by atomic mass is 10.2. The molecule has 9 heteroatoms. The number of fused-ring (bicyclic) bond motifs is 1. The van der Waals surface area contributed by atoms with Gasteiger partial charge in [-0.05, 0) is 25.5 Å². The van der Waals surface area contributed by atoms with Gasteiger partial charge in [0, 0.05) is 17.0 Å².